The molecule has 0 aliphatic heterocycles. The minimum absolute atomic E-state index is 1.09. The van der Waals surface area contributed by atoms with Gasteiger partial charge in [-0.25, -0.2) is 0 Å². The summed E-state index contributed by atoms with van der Waals surface area (Å²) in [5.41, 5.74) is 0. The van der Waals surface area contributed by atoms with Crippen molar-refractivity contribution in [2.75, 3.05) is 0 Å². The zero-order chi connectivity index (χ0) is 8.49. The second kappa shape index (κ2) is 6.90. The van der Waals surface area contributed by atoms with Crippen molar-refractivity contribution in [2.24, 2.45) is 0 Å². The Hall–Kier alpha value is -0.780. The quantitative estimate of drug-likeness (QED) is 0.472. The van der Waals surface area contributed by atoms with E-state index < -0.39 is 0 Å². The first-order valence-corrected chi connectivity index (χ1v) is 4.97. The van der Waals surface area contributed by atoms with Gasteiger partial charge in [-0.05, 0) is 32.1 Å². The zero-order valence-corrected chi connectivity index (χ0v) is 7.71. The minimum Gasteiger partial charge on any atom is -0.0882 e. The molecule has 0 saturated heterocycles. The van der Waals surface area contributed by atoms with Crippen LogP contribution in [0, 0.1) is 0 Å². The molecule has 0 aromatic carbocycles. The summed E-state index contributed by atoms with van der Waals surface area (Å²) in [5.74, 6) is 0. The van der Waals surface area contributed by atoms with Gasteiger partial charge in [0.15, 0.2) is 0 Å². The number of hydrogen-bond donors (Lipinski definition) is 0. The molecule has 0 spiro atoms. The summed E-state index contributed by atoms with van der Waals surface area (Å²) in [4.78, 5) is 0. The molecule has 1 rings (SSSR count). The van der Waals surface area contributed by atoms with E-state index in [4.69, 9.17) is 0 Å². The Balaban J connectivity index is 2.31. The smallest absolute Gasteiger partial charge is 0.0166 e. The van der Waals surface area contributed by atoms with Gasteiger partial charge in [0, 0.05) is 0 Å². The Morgan fingerprint density at radius 1 is 0.583 bits per heavy atom. The molecular weight excluding hydrogens is 144 g/mol. The Bertz CT molecular complexity index is 172. The van der Waals surface area contributed by atoms with E-state index in [0.29, 0.717) is 0 Å². The Morgan fingerprint density at radius 3 is 2.25 bits per heavy atom. The van der Waals surface area contributed by atoms with Gasteiger partial charge in [-0.3, -0.25) is 0 Å². The van der Waals surface area contributed by atoms with Gasteiger partial charge in [0.25, 0.3) is 0 Å². The number of hydrogen-bond acceptors (Lipinski definition) is 0. The van der Waals surface area contributed by atoms with Crippen LogP contribution in [0.2, 0.25) is 0 Å². The maximum Gasteiger partial charge on any atom is -0.0166 e. The lowest BCUT2D eigenvalue weighted by molar-refractivity contribution is 0.695. The topological polar surface area (TPSA) is 0 Å². The highest BCUT2D eigenvalue weighted by molar-refractivity contribution is 5.05. The highest BCUT2D eigenvalue weighted by atomic mass is 13.9. The molecule has 1 aliphatic carbocycles. The molecule has 0 heterocycles. The molecule has 0 nitrogen and oxygen atoms in total. The standard InChI is InChI=1S/C12H18/c1-2-4-6-8-10-12-11-9-7-5-3-1/h1-4,7,9H,5-6,8,10-12H2/b3-1?,4-2-,9-7-. The summed E-state index contributed by atoms with van der Waals surface area (Å²) in [7, 11) is 0. The van der Waals surface area contributed by atoms with E-state index in [0.717, 1.165) is 6.42 Å². The van der Waals surface area contributed by atoms with Crippen molar-refractivity contribution in [3.05, 3.63) is 36.5 Å². The number of rotatable bonds is 0. The molecule has 0 unspecified atom stereocenters. The van der Waals surface area contributed by atoms with Gasteiger partial charge in [-0.1, -0.05) is 42.9 Å². The van der Waals surface area contributed by atoms with Crippen LogP contribution in [0.1, 0.15) is 38.5 Å². The van der Waals surface area contributed by atoms with E-state index in [1.165, 1.54) is 32.1 Å². The lowest BCUT2D eigenvalue weighted by Crippen LogP contribution is -1.75. The van der Waals surface area contributed by atoms with Crippen molar-refractivity contribution in [1.29, 1.82) is 0 Å². The van der Waals surface area contributed by atoms with Gasteiger partial charge >= 0.3 is 0 Å². The van der Waals surface area contributed by atoms with Crippen LogP contribution >= 0.6 is 0 Å². The van der Waals surface area contributed by atoms with Gasteiger partial charge < -0.3 is 0 Å². The monoisotopic (exact) mass is 162 g/mol. The Labute approximate surface area is 75.7 Å². The van der Waals surface area contributed by atoms with E-state index in [2.05, 4.69) is 36.5 Å². The van der Waals surface area contributed by atoms with Crippen molar-refractivity contribution >= 4 is 0 Å². The molecule has 0 amide bonds. The van der Waals surface area contributed by atoms with E-state index in [1.54, 1.807) is 0 Å². The molecule has 66 valence electrons. The fourth-order valence-electron chi connectivity index (χ4n) is 1.33. The van der Waals surface area contributed by atoms with Crippen LogP contribution in [0.5, 0.6) is 0 Å². The molecule has 0 fully saturated rings. The predicted molar refractivity (Wildman–Crippen MR) is 55.1 cm³/mol. The van der Waals surface area contributed by atoms with Crippen LogP contribution in [-0.2, 0) is 0 Å². The van der Waals surface area contributed by atoms with Crippen molar-refractivity contribution in [3.63, 3.8) is 0 Å². The van der Waals surface area contributed by atoms with Gasteiger partial charge in [0.1, 0.15) is 0 Å². The summed E-state index contributed by atoms with van der Waals surface area (Å²) in [5, 5.41) is 0. The minimum atomic E-state index is 1.09. The molecule has 0 N–H and O–H groups in total. The van der Waals surface area contributed by atoms with E-state index in [-0.39, 0.29) is 0 Å². The first kappa shape index (κ1) is 9.31. The molecule has 0 aromatic rings. The first-order chi connectivity index (χ1) is 6.00. The third-order valence-corrected chi connectivity index (χ3v) is 2.06. The molecule has 0 atom stereocenters. The summed E-state index contributed by atoms with van der Waals surface area (Å²) in [6.07, 6.45) is 21.0. The second-order valence-corrected chi connectivity index (χ2v) is 3.20. The fraction of sp³-hybridized carbons (Fsp3) is 0.500. The summed E-state index contributed by atoms with van der Waals surface area (Å²) >= 11 is 0. The summed E-state index contributed by atoms with van der Waals surface area (Å²) < 4.78 is 0. The fourth-order valence-corrected chi connectivity index (χ4v) is 1.33. The second-order valence-electron chi connectivity index (χ2n) is 3.20. The average molecular weight is 162 g/mol. The van der Waals surface area contributed by atoms with Crippen LogP contribution in [0.15, 0.2) is 36.5 Å². The van der Waals surface area contributed by atoms with E-state index >= 15 is 0 Å². The van der Waals surface area contributed by atoms with Gasteiger partial charge in [0.05, 0.1) is 0 Å². The molecule has 1 aliphatic rings. The lowest BCUT2D eigenvalue weighted by atomic mass is 10.1. The average Bonchev–Trinajstić information content (AvgIpc) is 2.05. The highest BCUT2D eigenvalue weighted by Crippen LogP contribution is 2.05. The number of allylic oxidation sites excluding steroid dienone is 6. The molecule has 0 aromatic heterocycles. The Morgan fingerprint density at radius 2 is 1.33 bits per heavy atom. The third-order valence-electron chi connectivity index (χ3n) is 2.06. The largest absolute Gasteiger partial charge is 0.0882 e. The SMILES string of the molecule is C1=CC/C=C\CCCCC/C=C\1. The molecule has 0 radical (unpaired) electrons. The molecular formula is C12H18. The lowest BCUT2D eigenvalue weighted by Gasteiger charge is -1.95. The van der Waals surface area contributed by atoms with Crippen molar-refractivity contribution in [2.45, 2.75) is 38.5 Å². The maximum absolute atomic E-state index is 2.30. The van der Waals surface area contributed by atoms with Crippen LogP contribution in [0.25, 0.3) is 0 Å². The van der Waals surface area contributed by atoms with E-state index in [9.17, 15) is 0 Å². The van der Waals surface area contributed by atoms with Crippen molar-refractivity contribution < 1.29 is 0 Å². The molecule has 12 heavy (non-hydrogen) atoms. The maximum atomic E-state index is 2.30. The third kappa shape index (κ3) is 4.95. The van der Waals surface area contributed by atoms with Gasteiger partial charge in [-0.2, -0.15) is 0 Å². The van der Waals surface area contributed by atoms with Crippen molar-refractivity contribution in [1.82, 2.24) is 0 Å². The molecule has 0 heteroatoms. The van der Waals surface area contributed by atoms with Crippen LogP contribution in [0.4, 0.5) is 0 Å². The zero-order valence-electron chi connectivity index (χ0n) is 7.71. The van der Waals surface area contributed by atoms with Crippen LogP contribution in [0.3, 0.4) is 0 Å². The normalized spacial score (nSPS) is 25.3. The molecule has 0 saturated carbocycles. The van der Waals surface area contributed by atoms with Crippen molar-refractivity contribution in [3.8, 4) is 0 Å². The summed E-state index contributed by atoms with van der Waals surface area (Å²) in [6.45, 7) is 0. The Kier molecular flexibility index (Phi) is 5.35. The summed E-state index contributed by atoms with van der Waals surface area (Å²) in [6, 6.07) is 0. The van der Waals surface area contributed by atoms with E-state index in [1.807, 2.05) is 0 Å². The highest BCUT2D eigenvalue weighted by Gasteiger charge is 1.85. The predicted octanol–water partition coefficient (Wildman–Crippen LogP) is 4.01. The van der Waals surface area contributed by atoms with Crippen LogP contribution < -0.4 is 0 Å². The van der Waals surface area contributed by atoms with Gasteiger partial charge in [-0.15, -0.1) is 0 Å². The van der Waals surface area contributed by atoms with Crippen LogP contribution in [-0.4, -0.2) is 0 Å². The van der Waals surface area contributed by atoms with Gasteiger partial charge in [0.2, 0.25) is 0 Å². The first-order valence-electron chi connectivity index (χ1n) is 4.97. The molecule has 0 bridgehead atoms.